The lowest BCUT2D eigenvalue weighted by Crippen LogP contribution is -2.24. The molecule has 7 heteroatoms. The van der Waals surface area contributed by atoms with Gasteiger partial charge in [0.25, 0.3) is 5.91 Å². The van der Waals surface area contributed by atoms with Crippen LogP contribution in [0.15, 0.2) is 77.9 Å². The van der Waals surface area contributed by atoms with Gasteiger partial charge in [0.15, 0.2) is 6.61 Å². The highest BCUT2D eigenvalue weighted by atomic mass is 16.5. The number of hydrogen-bond acceptors (Lipinski definition) is 4. The maximum Gasteiger partial charge on any atom is 0.339 e. The lowest BCUT2D eigenvalue weighted by atomic mass is 10.2. The van der Waals surface area contributed by atoms with Crippen molar-refractivity contribution in [3.05, 3.63) is 89.5 Å². The van der Waals surface area contributed by atoms with Gasteiger partial charge >= 0.3 is 6.03 Å². The number of benzene rings is 3. The first-order valence-corrected chi connectivity index (χ1v) is 9.75. The van der Waals surface area contributed by atoms with Crippen LogP contribution < -0.4 is 20.8 Å². The van der Waals surface area contributed by atoms with Gasteiger partial charge in [-0.25, -0.2) is 10.2 Å². The highest BCUT2D eigenvalue weighted by Gasteiger charge is 2.07. The topological polar surface area (TPSA) is 91.8 Å². The van der Waals surface area contributed by atoms with Crippen molar-refractivity contribution < 1.29 is 14.3 Å². The van der Waals surface area contributed by atoms with E-state index >= 15 is 0 Å². The van der Waals surface area contributed by atoms with Crippen LogP contribution in [0.2, 0.25) is 0 Å². The van der Waals surface area contributed by atoms with E-state index in [4.69, 9.17) is 4.74 Å². The van der Waals surface area contributed by atoms with Crippen LogP contribution >= 0.6 is 0 Å². The molecule has 3 aromatic rings. The van der Waals surface area contributed by atoms with Crippen molar-refractivity contribution in [2.45, 2.75) is 13.8 Å². The minimum atomic E-state index is -0.457. The molecule has 0 spiro atoms. The summed E-state index contributed by atoms with van der Waals surface area (Å²) in [6.07, 6.45) is 1.46. The van der Waals surface area contributed by atoms with Gasteiger partial charge in [-0.2, -0.15) is 5.10 Å². The molecule has 0 aliphatic heterocycles. The van der Waals surface area contributed by atoms with Gasteiger partial charge in [-0.15, -0.1) is 0 Å². The Morgan fingerprint density at radius 3 is 2.39 bits per heavy atom. The van der Waals surface area contributed by atoms with E-state index in [0.717, 1.165) is 11.1 Å². The third-order valence-electron chi connectivity index (χ3n) is 4.38. The van der Waals surface area contributed by atoms with Crippen molar-refractivity contribution in [2.24, 2.45) is 5.10 Å². The van der Waals surface area contributed by atoms with Gasteiger partial charge in [-0.3, -0.25) is 4.79 Å². The number of nitrogens with one attached hydrogen (secondary N) is 3. The first-order chi connectivity index (χ1) is 15.0. The number of urea groups is 1. The summed E-state index contributed by atoms with van der Waals surface area (Å²) in [5.41, 5.74) is 6.52. The molecule has 0 saturated heterocycles. The van der Waals surface area contributed by atoms with Gasteiger partial charge in [0.1, 0.15) is 5.75 Å². The Hall–Kier alpha value is -4.13. The third-order valence-corrected chi connectivity index (χ3v) is 4.38. The molecule has 3 rings (SSSR count). The number of ether oxygens (including phenoxy) is 1. The SMILES string of the molecule is Cc1ccc(NC(=O)COc2ccccc2C=NNC(=O)Nc2ccccc2C)cc1. The molecule has 3 N–H and O–H groups in total. The van der Waals surface area contributed by atoms with Crippen molar-refractivity contribution >= 4 is 29.5 Å². The molecule has 7 nitrogen and oxygen atoms in total. The molecule has 0 bridgehead atoms. The molecule has 31 heavy (non-hydrogen) atoms. The number of para-hydroxylation sites is 2. The molecule has 0 aromatic heterocycles. The number of hydrazone groups is 1. The van der Waals surface area contributed by atoms with E-state index in [1.54, 1.807) is 18.2 Å². The summed E-state index contributed by atoms with van der Waals surface area (Å²) in [5, 5.41) is 9.48. The predicted molar refractivity (Wildman–Crippen MR) is 123 cm³/mol. The van der Waals surface area contributed by atoms with E-state index in [-0.39, 0.29) is 12.5 Å². The predicted octanol–water partition coefficient (Wildman–Crippen LogP) is 4.48. The lowest BCUT2D eigenvalue weighted by molar-refractivity contribution is -0.118. The highest BCUT2D eigenvalue weighted by Crippen LogP contribution is 2.16. The molecule has 0 heterocycles. The van der Waals surface area contributed by atoms with Crippen molar-refractivity contribution in [1.82, 2.24) is 5.43 Å². The molecule has 0 aliphatic carbocycles. The molecule has 0 aliphatic rings. The molecular formula is C24H24N4O3. The molecule has 3 aromatic carbocycles. The normalized spacial score (nSPS) is 10.5. The number of carbonyl (C=O) groups is 2. The Bertz CT molecular complexity index is 1080. The van der Waals surface area contributed by atoms with E-state index in [1.165, 1.54) is 6.21 Å². The van der Waals surface area contributed by atoms with E-state index in [9.17, 15) is 9.59 Å². The van der Waals surface area contributed by atoms with Crippen molar-refractivity contribution in [1.29, 1.82) is 0 Å². The number of rotatable bonds is 7. The van der Waals surface area contributed by atoms with Crippen LogP contribution in [0.3, 0.4) is 0 Å². The maximum absolute atomic E-state index is 12.2. The summed E-state index contributed by atoms with van der Waals surface area (Å²) in [4.78, 5) is 24.2. The number of amides is 3. The zero-order valence-corrected chi connectivity index (χ0v) is 17.4. The Kier molecular flexibility index (Phi) is 7.37. The standard InChI is InChI=1S/C24H24N4O3/c1-17-11-13-20(14-12-17)26-23(29)16-31-22-10-6-4-8-19(22)15-25-28-24(30)27-21-9-5-3-7-18(21)2/h3-15H,16H2,1-2H3,(H,26,29)(H2,27,28,30). The van der Waals surface area contributed by atoms with Gasteiger partial charge in [-0.1, -0.05) is 48.0 Å². The van der Waals surface area contributed by atoms with Crippen LogP contribution in [0.4, 0.5) is 16.2 Å². The largest absolute Gasteiger partial charge is 0.483 e. The molecule has 0 unspecified atom stereocenters. The lowest BCUT2D eigenvalue weighted by Gasteiger charge is -2.10. The van der Waals surface area contributed by atoms with Crippen LogP contribution in [-0.2, 0) is 4.79 Å². The number of carbonyl (C=O) groups excluding carboxylic acids is 2. The quantitative estimate of drug-likeness (QED) is 0.392. The van der Waals surface area contributed by atoms with Crippen molar-refractivity contribution in [3.63, 3.8) is 0 Å². The first kappa shape index (κ1) is 21.6. The Balaban J connectivity index is 1.53. The number of anilines is 2. The van der Waals surface area contributed by atoms with E-state index in [0.29, 0.717) is 22.7 Å². The van der Waals surface area contributed by atoms with Crippen LogP contribution in [0.5, 0.6) is 5.75 Å². The number of nitrogens with zero attached hydrogens (tertiary/aromatic N) is 1. The summed E-state index contributed by atoms with van der Waals surface area (Å²) >= 11 is 0. The molecule has 158 valence electrons. The fourth-order valence-electron chi connectivity index (χ4n) is 2.72. The summed E-state index contributed by atoms with van der Waals surface area (Å²) in [7, 11) is 0. The van der Waals surface area contributed by atoms with E-state index in [1.807, 2.05) is 68.4 Å². The highest BCUT2D eigenvalue weighted by molar-refractivity contribution is 5.93. The minimum absolute atomic E-state index is 0.153. The zero-order valence-electron chi connectivity index (χ0n) is 17.4. The van der Waals surface area contributed by atoms with Crippen molar-refractivity contribution in [3.8, 4) is 5.75 Å². The average Bonchev–Trinajstić information content (AvgIpc) is 2.76. The summed E-state index contributed by atoms with van der Waals surface area (Å²) < 4.78 is 5.63. The second kappa shape index (κ2) is 10.6. The van der Waals surface area contributed by atoms with E-state index < -0.39 is 6.03 Å². The van der Waals surface area contributed by atoms with Crippen LogP contribution in [-0.4, -0.2) is 24.8 Å². The molecule has 0 fully saturated rings. The van der Waals surface area contributed by atoms with Crippen LogP contribution in [0, 0.1) is 13.8 Å². The number of hydrogen-bond donors (Lipinski definition) is 3. The number of aryl methyl sites for hydroxylation is 2. The minimum Gasteiger partial charge on any atom is -0.483 e. The van der Waals surface area contributed by atoms with E-state index in [2.05, 4.69) is 21.2 Å². The van der Waals surface area contributed by atoms with Crippen LogP contribution in [0.25, 0.3) is 0 Å². The molecule has 0 atom stereocenters. The first-order valence-electron chi connectivity index (χ1n) is 9.75. The smallest absolute Gasteiger partial charge is 0.339 e. The van der Waals surface area contributed by atoms with Gasteiger partial charge in [-0.05, 0) is 49.7 Å². The third kappa shape index (κ3) is 6.71. The van der Waals surface area contributed by atoms with Gasteiger partial charge in [0.2, 0.25) is 0 Å². The second-order valence-electron chi connectivity index (χ2n) is 6.88. The molecular weight excluding hydrogens is 392 g/mol. The van der Waals surface area contributed by atoms with Gasteiger partial charge < -0.3 is 15.4 Å². The Morgan fingerprint density at radius 2 is 1.61 bits per heavy atom. The molecule has 3 amide bonds. The van der Waals surface area contributed by atoms with Crippen LogP contribution in [0.1, 0.15) is 16.7 Å². The average molecular weight is 416 g/mol. The van der Waals surface area contributed by atoms with Gasteiger partial charge in [0, 0.05) is 16.9 Å². The fourth-order valence-corrected chi connectivity index (χ4v) is 2.72. The Labute approximate surface area is 181 Å². The second-order valence-corrected chi connectivity index (χ2v) is 6.88. The Morgan fingerprint density at radius 1 is 0.903 bits per heavy atom. The fraction of sp³-hybridized carbons (Fsp3) is 0.125. The van der Waals surface area contributed by atoms with Gasteiger partial charge in [0.05, 0.1) is 6.21 Å². The monoisotopic (exact) mass is 416 g/mol. The molecule has 0 saturated carbocycles. The molecule has 0 radical (unpaired) electrons. The maximum atomic E-state index is 12.2. The summed E-state index contributed by atoms with van der Waals surface area (Å²) in [5.74, 6) is 0.206. The summed E-state index contributed by atoms with van der Waals surface area (Å²) in [6, 6.07) is 21.6. The summed E-state index contributed by atoms with van der Waals surface area (Å²) in [6.45, 7) is 3.73. The van der Waals surface area contributed by atoms with Crippen molar-refractivity contribution in [2.75, 3.05) is 17.2 Å². The zero-order chi connectivity index (χ0) is 22.1.